The van der Waals surface area contributed by atoms with Crippen LogP contribution in [0.5, 0.6) is 0 Å². The van der Waals surface area contributed by atoms with Gasteiger partial charge in [-0.15, -0.1) is 0 Å². The third kappa shape index (κ3) is 5.55. The van der Waals surface area contributed by atoms with Crippen molar-refractivity contribution in [2.45, 2.75) is 38.0 Å². The smallest absolute Gasteiger partial charge is 0.0897 e. The van der Waals surface area contributed by atoms with E-state index in [1.807, 2.05) is 30.3 Å². The zero-order valence-corrected chi connectivity index (χ0v) is 11.3. The van der Waals surface area contributed by atoms with Gasteiger partial charge in [0.05, 0.1) is 19.3 Å². The first-order valence-electron chi connectivity index (χ1n) is 7.02. The highest BCUT2D eigenvalue weighted by molar-refractivity contribution is 5.13. The summed E-state index contributed by atoms with van der Waals surface area (Å²) in [6.07, 6.45) is 7.36. The summed E-state index contributed by atoms with van der Waals surface area (Å²) in [5.41, 5.74) is 1.14. The molecule has 19 heavy (non-hydrogen) atoms. The second kappa shape index (κ2) is 8.10. The predicted molar refractivity (Wildman–Crippen MR) is 76.9 cm³/mol. The van der Waals surface area contributed by atoms with E-state index in [1.54, 1.807) is 0 Å². The number of nitrogens with one attached hydrogen (secondary N) is 1. The second-order valence-electron chi connectivity index (χ2n) is 5.04. The summed E-state index contributed by atoms with van der Waals surface area (Å²) in [7, 11) is 0. The maximum Gasteiger partial charge on any atom is 0.0897 e. The van der Waals surface area contributed by atoms with Crippen molar-refractivity contribution in [3.05, 3.63) is 48.0 Å². The van der Waals surface area contributed by atoms with Crippen molar-refractivity contribution >= 4 is 0 Å². The average molecular weight is 261 g/mol. The van der Waals surface area contributed by atoms with E-state index in [0.29, 0.717) is 25.8 Å². The van der Waals surface area contributed by atoms with Crippen LogP contribution in [0.1, 0.15) is 24.8 Å². The van der Waals surface area contributed by atoms with Gasteiger partial charge in [0.15, 0.2) is 0 Å². The molecule has 2 N–H and O–H groups in total. The van der Waals surface area contributed by atoms with Gasteiger partial charge in [0.2, 0.25) is 0 Å². The highest BCUT2D eigenvalue weighted by atomic mass is 16.5. The van der Waals surface area contributed by atoms with Crippen LogP contribution in [-0.2, 0) is 11.3 Å². The van der Waals surface area contributed by atoms with Crippen molar-refractivity contribution < 1.29 is 9.84 Å². The molecule has 3 heteroatoms. The molecule has 1 aliphatic rings. The molecule has 1 aromatic rings. The number of ether oxygens (including phenoxy) is 1. The van der Waals surface area contributed by atoms with Gasteiger partial charge in [0, 0.05) is 12.6 Å². The molecule has 0 radical (unpaired) electrons. The SMILES string of the molecule is OC(CNC1CC=CCC1)COCc1ccccc1. The van der Waals surface area contributed by atoms with E-state index in [2.05, 4.69) is 17.5 Å². The predicted octanol–water partition coefficient (Wildman–Crippen LogP) is 2.26. The van der Waals surface area contributed by atoms with Crippen LogP contribution in [-0.4, -0.2) is 30.4 Å². The first kappa shape index (κ1) is 14.3. The highest BCUT2D eigenvalue weighted by Gasteiger charge is 2.11. The molecule has 0 bridgehead atoms. The number of aliphatic hydroxyl groups is 1. The van der Waals surface area contributed by atoms with Gasteiger partial charge in [-0.25, -0.2) is 0 Å². The Bertz CT molecular complexity index is 378. The van der Waals surface area contributed by atoms with Gasteiger partial charge in [0.1, 0.15) is 0 Å². The monoisotopic (exact) mass is 261 g/mol. The van der Waals surface area contributed by atoms with Crippen molar-refractivity contribution in [1.29, 1.82) is 0 Å². The number of benzene rings is 1. The van der Waals surface area contributed by atoms with Crippen molar-refractivity contribution in [2.75, 3.05) is 13.2 Å². The Morgan fingerprint density at radius 1 is 1.26 bits per heavy atom. The Labute approximate surface area is 115 Å². The van der Waals surface area contributed by atoms with Crippen LogP contribution in [0.2, 0.25) is 0 Å². The lowest BCUT2D eigenvalue weighted by molar-refractivity contribution is 0.0275. The largest absolute Gasteiger partial charge is 0.389 e. The lowest BCUT2D eigenvalue weighted by Gasteiger charge is -2.21. The van der Waals surface area contributed by atoms with E-state index >= 15 is 0 Å². The molecule has 3 nitrogen and oxygen atoms in total. The molecule has 0 saturated heterocycles. The number of hydrogen-bond acceptors (Lipinski definition) is 3. The van der Waals surface area contributed by atoms with E-state index < -0.39 is 6.10 Å². The molecule has 0 heterocycles. The van der Waals surface area contributed by atoms with Gasteiger partial charge in [0.25, 0.3) is 0 Å². The summed E-state index contributed by atoms with van der Waals surface area (Å²) >= 11 is 0. The fourth-order valence-electron chi connectivity index (χ4n) is 2.23. The third-order valence-corrected chi connectivity index (χ3v) is 3.33. The van der Waals surface area contributed by atoms with Crippen LogP contribution < -0.4 is 5.32 Å². The standard InChI is InChI=1S/C16H23NO2/c18-16(11-17-15-9-5-2-6-10-15)13-19-12-14-7-3-1-4-8-14/h1-5,7-8,15-18H,6,9-13H2. The Balaban J connectivity index is 1.57. The van der Waals surface area contributed by atoms with Gasteiger partial charge in [-0.2, -0.15) is 0 Å². The van der Waals surface area contributed by atoms with Gasteiger partial charge in [-0.1, -0.05) is 42.5 Å². The van der Waals surface area contributed by atoms with E-state index in [9.17, 15) is 5.11 Å². The van der Waals surface area contributed by atoms with E-state index in [0.717, 1.165) is 24.8 Å². The number of rotatable bonds is 7. The van der Waals surface area contributed by atoms with Crippen molar-refractivity contribution in [1.82, 2.24) is 5.32 Å². The molecule has 2 unspecified atom stereocenters. The molecular weight excluding hydrogens is 238 g/mol. The Kier molecular flexibility index (Phi) is 6.08. The maximum atomic E-state index is 9.85. The normalized spacial score (nSPS) is 20.4. The van der Waals surface area contributed by atoms with Gasteiger partial charge >= 0.3 is 0 Å². The second-order valence-corrected chi connectivity index (χ2v) is 5.04. The van der Waals surface area contributed by atoms with Gasteiger partial charge in [-0.3, -0.25) is 0 Å². The zero-order chi connectivity index (χ0) is 13.3. The average Bonchev–Trinajstić information content (AvgIpc) is 2.47. The van der Waals surface area contributed by atoms with Crippen molar-refractivity contribution in [3.63, 3.8) is 0 Å². The fraction of sp³-hybridized carbons (Fsp3) is 0.500. The molecule has 2 rings (SSSR count). The summed E-state index contributed by atoms with van der Waals surface area (Å²) in [6, 6.07) is 10.5. The topological polar surface area (TPSA) is 41.5 Å². The first-order chi connectivity index (χ1) is 9.34. The van der Waals surface area contributed by atoms with E-state index in [1.165, 1.54) is 0 Å². The van der Waals surface area contributed by atoms with Crippen LogP contribution in [0.15, 0.2) is 42.5 Å². The van der Waals surface area contributed by atoms with E-state index in [4.69, 9.17) is 4.74 Å². The van der Waals surface area contributed by atoms with Crippen LogP contribution in [0.4, 0.5) is 0 Å². The molecule has 104 valence electrons. The number of aliphatic hydroxyl groups excluding tert-OH is 1. The Hall–Kier alpha value is -1.16. The van der Waals surface area contributed by atoms with Crippen molar-refractivity contribution in [2.24, 2.45) is 0 Å². The van der Waals surface area contributed by atoms with Crippen LogP contribution in [0.3, 0.4) is 0 Å². The minimum atomic E-state index is -0.436. The molecule has 1 aliphatic carbocycles. The Morgan fingerprint density at radius 2 is 2.11 bits per heavy atom. The fourth-order valence-corrected chi connectivity index (χ4v) is 2.23. The molecule has 0 aliphatic heterocycles. The van der Waals surface area contributed by atoms with Crippen LogP contribution >= 0.6 is 0 Å². The third-order valence-electron chi connectivity index (χ3n) is 3.33. The summed E-state index contributed by atoms with van der Waals surface area (Å²) in [5.74, 6) is 0. The Morgan fingerprint density at radius 3 is 2.84 bits per heavy atom. The first-order valence-corrected chi connectivity index (χ1v) is 7.02. The number of hydrogen-bond donors (Lipinski definition) is 2. The molecule has 0 amide bonds. The summed E-state index contributed by atoms with van der Waals surface area (Å²) < 4.78 is 5.52. The maximum absolute atomic E-state index is 9.85. The number of allylic oxidation sites excluding steroid dienone is 1. The van der Waals surface area contributed by atoms with Crippen molar-refractivity contribution in [3.8, 4) is 0 Å². The molecule has 0 fully saturated rings. The summed E-state index contributed by atoms with van der Waals surface area (Å²) in [4.78, 5) is 0. The molecule has 2 atom stereocenters. The molecular formula is C16H23NO2. The lowest BCUT2D eigenvalue weighted by Crippen LogP contribution is -2.37. The quantitative estimate of drug-likeness (QED) is 0.740. The zero-order valence-electron chi connectivity index (χ0n) is 11.3. The highest BCUT2D eigenvalue weighted by Crippen LogP contribution is 2.10. The van der Waals surface area contributed by atoms with E-state index in [-0.39, 0.29) is 0 Å². The van der Waals surface area contributed by atoms with Crippen LogP contribution in [0.25, 0.3) is 0 Å². The molecule has 1 aromatic carbocycles. The van der Waals surface area contributed by atoms with Gasteiger partial charge < -0.3 is 15.2 Å². The minimum absolute atomic E-state index is 0.379. The minimum Gasteiger partial charge on any atom is -0.389 e. The van der Waals surface area contributed by atoms with Crippen LogP contribution in [0, 0.1) is 0 Å². The molecule has 0 aromatic heterocycles. The molecule has 0 spiro atoms. The summed E-state index contributed by atoms with van der Waals surface area (Å²) in [6.45, 7) is 1.54. The summed E-state index contributed by atoms with van der Waals surface area (Å²) in [5, 5.41) is 13.2. The molecule has 0 saturated carbocycles. The van der Waals surface area contributed by atoms with Gasteiger partial charge in [-0.05, 0) is 24.8 Å². The lowest BCUT2D eigenvalue weighted by atomic mass is 10.0.